The predicted molar refractivity (Wildman–Crippen MR) is 83.9 cm³/mol. The van der Waals surface area contributed by atoms with E-state index in [-0.39, 0.29) is 5.91 Å². The SMILES string of the molecule is O=C(NCCCOC1CCCCC1)c1cccc(Br)c1. The van der Waals surface area contributed by atoms with Crippen LogP contribution in [0.4, 0.5) is 0 Å². The molecule has 4 heteroatoms. The number of carbonyl (C=O) groups is 1. The van der Waals surface area contributed by atoms with Crippen molar-refractivity contribution in [1.29, 1.82) is 0 Å². The van der Waals surface area contributed by atoms with E-state index < -0.39 is 0 Å². The van der Waals surface area contributed by atoms with Gasteiger partial charge in [-0.1, -0.05) is 41.3 Å². The van der Waals surface area contributed by atoms with Gasteiger partial charge in [0.1, 0.15) is 0 Å². The number of hydrogen-bond acceptors (Lipinski definition) is 2. The van der Waals surface area contributed by atoms with E-state index in [0.29, 0.717) is 18.2 Å². The molecule has 0 atom stereocenters. The lowest BCUT2D eigenvalue weighted by Crippen LogP contribution is -2.26. The van der Waals surface area contributed by atoms with Crippen LogP contribution in [0.25, 0.3) is 0 Å². The summed E-state index contributed by atoms with van der Waals surface area (Å²) in [4.78, 5) is 11.9. The van der Waals surface area contributed by atoms with Crippen LogP contribution in [0.1, 0.15) is 48.9 Å². The van der Waals surface area contributed by atoms with Gasteiger partial charge in [0.15, 0.2) is 0 Å². The van der Waals surface area contributed by atoms with E-state index in [1.54, 1.807) is 0 Å². The quantitative estimate of drug-likeness (QED) is 0.797. The lowest BCUT2D eigenvalue weighted by atomic mass is 9.98. The summed E-state index contributed by atoms with van der Waals surface area (Å²) in [7, 11) is 0. The van der Waals surface area contributed by atoms with Crippen LogP contribution >= 0.6 is 15.9 Å². The van der Waals surface area contributed by atoms with Gasteiger partial charge in [-0.05, 0) is 37.5 Å². The zero-order chi connectivity index (χ0) is 14.2. The summed E-state index contributed by atoms with van der Waals surface area (Å²) in [6.45, 7) is 1.40. The van der Waals surface area contributed by atoms with E-state index in [4.69, 9.17) is 4.74 Å². The smallest absolute Gasteiger partial charge is 0.251 e. The van der Waals surface area contributed by atoms with Crippen molar-refractivity contribution < 1.29 is 9.53 Å². The molecule has 0 aromatic heterocycles. The first kappa shape index (κ1) is 15.5. The van der Waals surface area contributed by atoms with Gasteiger partial charge in [-0.3, -0.25) is 4.79 Å². The van der Waals surface area contributed by atoms with Crippen molar-refractivity contribution in [3.63, 3.8) is 0 Å². The maximum Gasteiger partial charge on any atom is 0.251 e. The lowest BCUT2D eigenvalue weighted by molar-refractivity contribution is 0.0273. The third kappa shape index (κ3) is 5.25. The zero-order valence-electron chi connectivity index (χ0n) is 11.7. The summed E-state index contributed by atoms with van der Waals surface area (Å²) < 4.78 is 6.75. The highest BCUT2D eigenvalue weighted by atomic mass is 79.9. The fourth-order valence-corrected chi connectivity index (χ4v) is 2.89. The van der Waals surface area contributed by atoms with Gasteiger partial charge in [0.25, 0.3) is 5.91 Å². The molecule has 1 aliphatic carbocycles. The molecule has 0 unspecified atom stereocenters. The molecule has 0 saturated heterocycles. The molecule has 110 valence electrons. The van der Waals surface area contributed by atoms with Gasteiger partial charge in [0.05, 0.1) is 6.10 Å². The van der Waals surface area contributed by atoms with E-state index in [1.165, 1.54) is 32.1 Å². The molecule has 1 aromatic rings. The molecule has 0 heterocycles. The Morgan fingerprint density at radius 2 is 2.10 bits per heavy atom. The van der Waals surface area contributed by atoms with Gasteiger partial charge >= 0.3 is 0 Å². The van der Waals surface area contributed by atoms with Crippen LogP contribution in [0.5, 0.6) is 0 Å². The van der Waals surface area contributed by atoms with Crippen molar-refractivity contribution in [3.8, 4) is 0 Å². The Labute approximate surface area is 129 Å². The largest absolute Gasteiger partial charge is 0.378 e. The summed E-state index contributed by atoms with van der Waals surface area (Å²) in [5, 5.41) is 2.92. The molecule has 1 N–H and O–H groups in total. The lowest BCUT2D eigenvalue weighted by Gasteiger charge is -2.21. The topological polar surface area (TPSA) is 38.3 Å². The van der Waals surface area contributed by atoms with E-state index in [9.17, 15) is 4.79 Å². The first-order valence-corrected chi connectivity index (χ1v) is 8.20. The maximum atomic E-state index is 11.9. The Balaban J connectivity index is 1.59. The minimum Gasteiger partial charge on any atom is -0.378 e. The Morgan fingerprint density at radius 3 is 2.85 bits per heavy atom. The third-order valence-corrected chi connectivity index (χ3v) is 4.09. The molecule has 1 aliphatic rings. The highest BCUT2D eigenvalue weighted by Crippen LogP contribution is 2.20. The monoisotopic (exact) mass is 339 g/mol. The summed E-state index contributed by atoms with van der Waals surface area (Å²) in [5.74, 6) is -0.0241. The van der Waals surface area contributed by atoms with Crippen LogP contribution in [-0.2, 0) is 4.74 Å². The van der Waals surface area contributed by atoms with Crippen LogP contribution < -0.4 is 5.32 Å². The molecule has 0 aliphatic heterocycles. The molecular weight excluding hydrogens is 318 g/mol. The van der Waals surface area contributed by atoms with Gasteiger partial charge < -0.3 is 10.1 Å². The Morgan fingerprint density at radius 1 is 1.30 bits per heavy atom. The van der Waals surface area contributed by atoms with Gasteiger partial charge in [-0.15, -0.1) is 0 Å². The highest BCUT2D eigenvalue weighted by molar-refractivity contribution is 9.10. The molecule has 3 nitrogen and oxygen atoms in total. The van der Waals surface area contributed by atoms with Crippen molar-refractivity contribution in [2.75, 3.05) is 13.2 Å². The van der Waals surface area contributed by atoms with Crippen molar-refractivity contribution in [2.45, 2.75) is 44.6 Å². The third-order valence-electron chi connectivity index (χ3n) is 3.60. The fraction of sp³-hybridized carbons (Fsp3) is 0.562. The van der Waals surface area contributed by atoms with E-state index >= 15 is 0 Å². The summed E-state index contributed by atoms with van der Waals surface area (Å²) >= 11 is 3.37. The number of amides is 1. The average Bonchev–Trinajstić information content (AvgIpc) is 2.48. The van der Waals surface area contributed by atoms with E-state index in [1.807, 2.05) is 24.3 Å². The highest BCUT2D eigenvalue weighted by Gasteiger charge is 2.13. The molecule has 1 fully saturated rings. The average molecular weight is 340 g/mol. The molecule has 2 rings (SSSR count). The number of benzene rings is 1. The number of ether oxygens (including phenoxy) is 1. The number of nitrogens with one attached hydrogen (secondary N) is 1. The second kappa shape index (κ2) is 8.42. The molecule has 1 aromatic carbocycles. The second-order valence-electron chi connectivity index (χ2n) is 5.25. The van der Waals surface area contributed by atoms with Crippen LogP contribution in [0, 0.1) is 0 Å². The van der Waals surface area contributed by atoms with Crippen molar-refractivity contribution >= 4 is 21.8 Å². The number of halogens is 1. The minimum atomic E-state index is -0.0241. The molecule has 0 radical (unpaired) electrons. The first-order chi connectivity index (χ1) is 9.75. The Bertz CT molecular complexity index is 430. The molecule has 0 spiro atoms. The molecule has 1 saturated carbocycles. The summed E-state index contributed by atoms with van der Waals surface area (Å²) in [6.07, 6.45) is 7.66. The van der Waals surface area contributed by atoms with Crippen LogP contribution in [-0.4, -0.2) is 25.2 Å². The van der Waals surface area contributed by atoms with Crippen LogP contribution in [0.15, 0.2) is 28.7 Å². The van der Waals surface area contributed by atoms with Crippen molar-refractivity contribution in [1.82, 2.24) is 5.32 Å². The Hall–Kier alpha value is -0.870. The molecule has 0 bridgehead atoms. The van der Waals surface area contributed by atoms with E-state index in [2.05, 4.69) is 21.2 Å². The van der Waals surface area contributed by atoms with Gasteiger partial charge in [0, 0.05) is 23.2 Å². The standard InChI is InChI=1S/C16H22BrNO2/c17-14-7-4-6-13(12-14)16(19)18-10-5-11-20-15-8-2-1-3-9-15/h4,6-7,12,15H,1-3,5,8-11H2,(H,18,19). The maximum absolute atomic E-state index is 11.9. The molecule has 20 heavy (non-hydrogen) atoms. The van der Waals surface area contributed by atoms with E-state index in [0.717, 1.165) is 17.5 Å². The summed E-state index contributed by atoms with van der Waals surface area (Å²) in [6, 6.07) is 7.42. The number of hydrogen-bond donors (Lipinski definition) is 1. The van der Waals surface area contributed by atoms with Crippen LogP contribution in [0.2, 0.25) is 0 Å². The molecular formula is C16H22BrNO2. The molecule has 1 amide bonds. The second-order valence-corrected chi connectivity index (χ2v) is 6.17. The fourth-order valence-electron chi connectivity index (χ4n) is 2.49. The van der Waals surface area contributed by atoms with Crippen molar-refractivity contribution in [2.24, 2.45) is 0 Å². The zero-order valence-corrected chi connectivity index (χ0v) is 13.3. The number of rotatable bonds is 6. The number of carbonyl (C=O) groups excluding carboxylic acids is 1. The van der Waals surface area contributed by atoms with Gasteiger partial charge in [-0.2, -0.15) is 0 Å². The van der Waals surface area contributed by atoms with Gasteiger partial charge in [-0.25, -0.2) is 0 Å². The first-order valence-electron chi connectivity index (χ1n) is 7.41. The predicted octanol–water partition coefficient (Wildman–Crippen LogP) is 3.92. The van der Waals surface area contributed by atoms with Crippen LogP contribution in [0.3, 0.4) is 0 Å². The minimum absolute atomic E-state index is 0.0241. The van der Waals surface area contributed by atoms with Crippen molar-refractivity contribution in [3.05, 3.63) is 34.3 Å². The van der Waals surface area contributed by atoms with Gasteiger partial charge in [0.2, 0.25) is 0 Å². The normalized spacial score (nSPS) is 16.1. The summed E-state index contributed by atoms with van der Waals surface area (Å²) in [5.41, 5.74) is 0.688. The Kier molecular flexibility index (Phi) is 6.54.